The number of carbonyl (C=O) groups excluding carboxylic acids is 1. The molecular formula is C19H18BrNO3. The first-order valence-corrected chi connectivity index (χ1v) is 8.87. The van der Waals surface area contributed by atoms with Crippen LogP contribution in [0.5, 0.6) is 11.5 Å². The van der Waals surface area contributed by atoms with E-state index in [2.05, 4.69) is 22.0 Å². The van der Waals surface area contributed by atoms with Gasteiger partial charge in [-0.05, 0) is 30.3 Å². The van der Waals surface area contributed by atoms with Crippen LogP contribution in [0.15, 0.2) is 34.8 Å². The van der Waals surface area contributed by atoms with Crippen molar-refractivity contribution in [3.8, 4) is 11.5 Å². The molecule has 0 atom stereocenters. The number of rotatable bonds is 3. The monoisotopic (exact) mass is 387 g/mol. The molecule has 2 aliphatic heterocycles. The van der Waals surface area contributed by atoms with E-state index in [1.165, 1.54) is 11.1 Å². The van der Waals surface area contributed by atoms with Crippen LogP contribution in [0, 0.1) is 0 Å². The molecule has 0 fully saturated rings. The van der Waals surface area contributed by atoms with E-state index in [9.17, 15) is 4.79 Å². The van der Waals surface area contributed by atoms with Crippen LogP contribution in [-0.4, -0.2) is 31.1 Å². The summed E-state index contributed by atoms with van der Waals surface area (Å²) in [5, 5.41) is 0. The SMILES string of the molecule is CN(Cc1c2c(cc3c1OCC3)OCC2)C(=O)c1ccc(Br)cc1. The average molecular weight is 388 g/mol. The van der Waals surface area contributed by atoms with Crippen LogP contribution < -0.4 is 9.47 Å². The minimum absolute atomic E-state index is 0.00534. The molecule has 2 aliphatic rings. The first-order valence-electron chi connectivity index (χ1n) is 8.08. The lowest BCUT2D eigenvalue weighted by Crippen LogP contribution is -2.26. The van der Waals surface area contributed by atoms with Gasteiger partial charge < -0.3 is 14.4 Å². The number of hydrogen-bond donors (Lipinski definition) is 0. The maximum Gasteiger partial charge on any atom is 0.253 e. The molecule has 0 unspecified atom stereocenters. The molecule has 0 radical (unpaired) electrons. The van der Waals surface area contributed by atoms with Crippen LogP contribution in [0.4, 0.5) is 0 Å². The van der Waals surface area contributed by atoms with E-state index in [0.29, 0.717) is 25.3 Å². The van der Waals surface area contributed by atoms with E-state index >= 15 is 0 Å². The summed E-state index contributed by atoms with van der Waals surface area (Å²) in [5.41, 5.74) is 4.16. The van der Waals surface area contributed by atoms with Crippen LogP contribution in [-0.2, 0) is 19.4 Å². The maximum atomic E-state index is 12.7. The standard InChI is InChI=1S/C19H18BrNO3/c1-21(19(22)12-2-4-14(20)5-3-12)11-16-15-7-9-23-17(15)10-13-6-8-24-18(13)16/h2-5,10H,6-9,11H2,1H3. The van der Waals surface area contributed by atoms with Crippen molar-refractivity contribution in [2.24, 2.45) is 0 Å². The van der Waals surface area contributed by atoms with Crippen LogP contribution in [0.1, 0.15) is 27.0 Å². The number of hydrogen-bond acceptors (Lipinski definition) is 3. The smallest absolute Gasteiger partial charge is 0.253 e. The van der Waals surface area contributed by atoms with Gasteiger partial charge in [0.15, 0.2) is 0 Å². The lowest BCUT2D eigenvalue weighted by molar-refractivity contribution is 0.0784. The van der Waals surface area contributed by atoms with Crippen molar-refractivity contribution in [1.29, 1.82) is 0 Å². The van der Waals surface area contributed by atoms with Gasteiger partial charge in [0.05, 0.1) is 13.2 Å². The zero-order valence-electron chi connectivity index (χ0n) is 13.5. The van der Waals surface area contributed by atoms with Gasteiger partial charge in [0.2, 0.25) is 0 Å². The highest BCUT2D eigenvalue weighted by Gasteiger charge is 2.27. The van der Waals surface area contributed by atoms with Crippen LogP contribution in [0.3, 0.4) is 0 Å². The van der Waals surface area contributed by atoms with Gasteiger partial charge in [0.25, 0.3) is 5.91 Å². The van der Waals surface area contributed by atoms with Gasteiger partial charge in [-0.25, -0.2) is 0 Å². The van der Waals surface area contributed by atoms with Gasteiger partial charge in [0, 0.05) is 53.2 Å². The Labute approximate surface area is 149 Å². The lowest BCUT2D eigenvalue weighted by Gasteiger charge is -2.21. The number of nitrogens with zero attached hydrogens (tertiary/aromatic N) is 1. The molecule has 124 valence electrons. The zero-order valence-corrected chi connectivity index (χ0v) is 15.1. The Kier molecular flexibility index (Phi) is 3.96. The molecule has 0 saturated heterocycles. The third-order valence-corrected chi connectivity index (χ3v) is 5.12. The molecule has 0 N–H and O–H groups in total. The number of fused-ring (bicyclic) bond motifs is 2. The molecule has 2 heterocycles. The van der Waals surface area contributed by atoms with E-state index in [0.717, 1.165) is 34.4 Å². The quantitative estimate of drug-likeness (QED) is 0.807. The molecule has 4 rings (SSSR count). The van der Waals surface area contributed by atoms with Crippen LogP contribution in [0.2, 0.25) is 0 Å². The average Bonchev–Trinajstić information content (AvgIpc) is 3.23. The number of amides is 1. The summed E-state index contributed by atoms with van der Waals surface area (Å²) in [7, 11) is 1.83. The highest BCUT2D eigenvalue weighted by atomic mass is 79.9. The Bertz CT molecular complexity index is 769. The molecular weight excluding hydrogens is 370 g/mol. The van der Waals surface area contributed by atoms with Crippen molar-refractivity contribution in [3.63, 3.8) is 0 Å². The molecule has 0 aliphatic carbocycles. The maximum absolute atomic E-state index is 12.7. The molecule has 24 heavy (non-hydrogen) atoms. The van der Waals surface area contributed by atoms with Crippen molar-refractivity contribution in [1.82, 2.24) is 4.90 Å². The Morgan fingerprint density at radius 1 is 1.17 bits per heavy atom. The Morgan fingerprint density at radius 2 is 1.92 bits per heavy atom. The zero-order chi connectivity index (χ0) is 16.7. The number of carbonyl (C=O) groups is 1. The van der Waals surface area contributed by atoms with Crippen molar-refractivity contribution < 1.29 is 14.3 Å². The van der Waals surface area contributed by atoms with Gasteiger partial charge in [0.1, 0.15) is 11.5 Å². The van der Waals surface area contributed by atoms with E-state index in [1.807, 2.05) is 31.3 Å². The molecule has 1 amide bonds. The fraction of sp³-hybridized carbons (Fsp3) is 0.316. The highest BCUT2D eigenvalue weighted by molar-refractivity contribution is 9.10. The molecule has 2 aromatic carbocycles. The molecule has 0 aromatic heterocycles. The molecule has 0 spiro atoms. The summed E-state index contributed by atoms with van der Waals surface area (Å²) in [6, 6.07) is 9.54. The predicted octanol–water partition coefficient (Wildman–Crippen LogP) is 3.59. The second-order valence-electron chi connectivity index (χ2n) is 6.19. The van der Waals surface area contributed by atoms with Gasteiger partial charge >= 0.3 is 0 Å². The largest absolute Gasteiger partial charge is 0.493 e. The summed E-state index contributed by atoms with van der Waals surface area (Å²) in [6.07, 6.45) is 1.78. The summed E-state index contributed by atoms with van der Waals surface area (Å²) in [6.45, 7) is 1.94. The Balaban J connectivity index is 1.63. The first kappa shape index (κ1) is 15.5. The molecule has 2 aromatic rings. The van der Waals surface area contributed by atoms with Crippen molar-refractivity contribution in [3.05, 3.63) is 57.1 Å². The fourth-order valence-electron chi connectivity index (χ4n) is 3.37. The minimum Gasteiger partial charge on any atom is -0.493 e. The van der Waals surface area contributed by atoms with E-state index in [1.54, 1.807) is 4.90 Å². The Hall–Kier alpha value is -2.01. The fourth-order valence-corrected chi connectivity index (χ4v) is 3.64. The summed E-state index contributed by atoms with van der Waals surface area (Å²) in [5.74, 6) is 1.92. The molecule has 0 bridgehead atoms. The molecule has 5 heteroatoms. The van der Waals surface area contributed by atoms with E-state index in [4.69, 9.17) is 9.47 Å². The first-order chi connectivity index (χ1) is 11.6. The molecule has 4 nitrogen and oxygen atoms in total. The normalized spacial score (nSPS) is 14.6. The van der Waals surface area contributed by atoms with Crippen molar-refractivity contribution >= 4 is 21.8 Å². The number of halogens is 1. The second kappa shape index (κ2) is 6.13. The summed E-state index contributed by atoms with van der Waals surface area (Å²) in [4.78, 5) is 14.4. The third-order valence-electron chi connectivity index (χ3n) is 4.59. The van der Waals surface area contributed by atoms with Gasteiger partial charge in [-0.3, -0.25) is 4.79 Å². The lowest BCUT2D eigenvalue weighted by atomic mass is 9.99. The third kappa shape index (κ3) is 2.67. The van der Waals surface area contributed by atoms with Crippen LogP contribution in [0.25, 0.3) is 0 Å². The topological polar surface area (TPSA) is 38.8 Å². The van der Waals surface area contributed by atoms with Gasteiger partial charge in [-0.15, -0.1) is 0 Å². The Morgan fingerprint density at radius 3 is 2.71 bits per heavy atom. The minimum atomic E-state index is 0.00534. The second-order valence-corrected chi connectivity index (χ2v) is 7.10. The predicted molar refractivity (Wildman–Crippen MR) is 94.8 cm³/mol. The van der Waals surface area contributed by atoms with Crippen molar-refractivity contribution in [2.75, 3.05) is 20.3 Å². The highest BCUT2D eigenvalue weighted by Crippen LogP contribution is 2.41. The van der Waals surface area contributed by atoms with Crippen LogP contribution >= 0.6 is 15.9 Å². The van der Waals surface area contributed by atoms with Gasteiger partial charge in [-0.1, -0.05) is 15.9 Å². The summed E-state index contributed by atoms with van der Waals surface area (Å²) >= 11 is 3.40. The van der Waals surface area contributed by atoms with Crippen molar-refractivity contribution in [2.45, 2.75) is 19.4 Å². The van der Waals surface area contributed by atoms with E-state index < -0.39 is 0 Å². The van der Waals surface area contributed by atoms with E-state index in [-0.39, 0.29) is 5.91 Å². The number of benzene rings is 2. The number of ether oxygens (including phenoxy) is 2. The summed E-state index contributed by atoms with van der Waals surface area (Å²) < 4.78 is 12.6. The van der Waals surface area contributed by atoms with Gasteiger partial charge in [-0.2, -0.15) is 0 Å². The molecule has 0 saturated carbocycles.